The zero-order valence-electron chi connectivity index (χ0n) is 15.7. The first-order valence-electron chi connectivity index (χ1n) is 8.85. The van der Waals surface area contributed by atoms with Crippen molar-refractivity contribution in [3.05, 3.63) is 35.4 Å². The monoisotopic (exact) mass is 388 g/mol. The quantitative estimate of drug-likeness (QED) is 0.425. The molecule has 9 heteroatoms. The molecular formula is C18H27F3N4O2. The number of rotatable bonds is 10. The fourth-order valence-corrected chi connectivity index (χ4v) is 2.03. The van der Waals surface area contributed by atoms with Gasteiger partial charge in [-0.2, -0.15) is 13.2 Å². The first kappa shape index (κ1) is 22.8. The van der Waals surface area contributed by atoms with Crippen LogP contribution in [0, 0.1) is 0 Å². The summed E-state index contributed by atoms with van der Waals surface area (Å²) in [4.78, 5) is 16.0. The van der Waals surface area contributed by atoms with Crippen molar-refractivity contribution in [2.75, 3.05) is 26.2 Å². The number of benzene rings is 1. The highest BCUT2D eigenvalue weighted by Gasteiger charge is 2.27. The van der Waals surface area contributed by atoms with Crippen molar-refractivity contribution >= 4 is 11.9 Å². The minimum absolute atomic E-state index is 0.0971. The lowest BCUT2D eigenvalue weighted by atomic mass is 10.1. The van der Waals surface area contributed by atoms with E-state index in [-0.39, 0.29) is 19.1 Å². The highest BCUT2D eigenvalue weighted by atomic mass is 19.4. The Bertz CT molecular complexity index is 589. The van der Waals surface area contributed by atoms with Gasteiger partial charge in [0.25, 0.3) is 0 Å². The second-order valence-corrected chi connectivity index (χ2v) is 5.82. The number of carbonyl (C=O) groups excluding carboxylic acids is 1. The Morgan fingerprint density at radius 2 is 1.74 bits per heavy atom. The molecule has 0 heterocycles. The van der Waals surface area contributed by atoms with Crippen LogP contribution in [0.3, 0.4) is 0 Å². The number of alkyl halides is 3. The van der Waals surface area contributed by atoms with Crippen LogP contribution in [-0.4, -0.2) is 44.3 Å². The van der Waals surface area contributed by atoms with E-state index in [1.165, 1.54) is 0 Å². The Morgan fingerprint density at radius 3 is 2.33 bits per heavy atom. The van der Waals surface area contributed by atoms with E-state index in [0.29, 0.717) is 31.2 Å². The number of nitrogens with zero attached hydrogens (tertiary/aromatic N) is 1. The molecule has 1 amide bonds. The average Bonchev–Trinajstić information content (AvgIpc) is 2.62. The third-order valence-corrected chi connectivity index (χ3v) is 3.31. The molecule has 0 aliphatic carbocycles. The van der Waals surface area contributed by atoms with Gasteiger partial charge < -0.3 is 20.7 Å². The fourth-order valence-electron chi connectivity index (χ4n) is 2.03. The molecule has 0 saturated heterocycles. The summed E-state index contributed by atoms with van der Waals surface area (Å²) in [5, 5.41) is 8.77. The van der Waals surface area contributed by atoms with E-state index < -0.39 is 12.8 Å². The Kier molecular flexibility index (Phi) is 10.2. The van der Waals surface area contributed by atoms with Gasteiger partial charge in [-0.1, -0.05) is 31.2 Å². The molecule has 1 aromatic rings. The summed E-state index contributed by atoms with van der Waals surface area (Å²) >= 11 is 0. The zero-order valence-corrected chi connectivity index (χ0v) is 15.7. The summed E-state index contributed by atoms with van der Waals surface area (Å²) in [5.41, 5.74) is 1.55. The third-order valence-electron chi connectivity index (χ3n) is 3.31. The van der Waals surface area contributed by atoms with Gasteiger partial charge >= 0.3 is 6.18 Å². The SMILES string of the molecule is CCCNC(=O)CNC(=NCc1ccc(COCC(F)(F)F)cc1)NCC. The fraction of sp³-hybridized carbons (Fsp3) is 0.556. The summed E-state index contributed by atoms with van der Waals surface area (Å²) < 4.78 is 40.8. The van der Waals surface area contributed by atoms with Gasteiger partial charge in [-0.15, -0.1) is 0 Å². The number of halogens is 3. The van der Waals surface area contributed by atoms with Gasteiger partial charge in [0.2, 0.25) is 5.91 Å². The lowest BCUT2D eigenvalue weighted by Gasteiger charge is -2.11. The molecule has 3 N–H and O–H groups in total. The Hall–Kier alpha value is -2.29. The number of guanidine groups is 1. The maximum Gasteiger partial charge on any atom is 0.411 e. The Balaban J connectivity index is 2.49. The van der Waals surface area contributed by atoms with Crippen LogP contribution in [0.25, 0.3) is 0 Å². The van der Waals surface area contributed by atoms with Crippen LogP contribution in [-0.2, 0) is 22.7 Å². The number of amides is 1. The first-order valence-corrected chi connectivity index (χ1v) is 8.85. The van der Waals surface area contributed by atoms with Gasteiger partial charge in [0.15, 0.2) is 5.96 Å². The van der Waals surface area contributed by atoms with Crippen molar-refractivity contribution in [3.8, 4) is 0 Å². The standard InChI is InChI=1S/C18H27F3N4O2/c1-3-9-23-16(26)11-25-17(22-4-2)24-10-14-5-7-15(8-6-14)12-27-13-18(19,20)21/h5-8H,3-4,9-13H2,1-2H3,(H,23,26)(H2,22,24,25). The molecule has 152 valence electrons. The van der Waals surface area contributed by atoms with Crippen LogP contribution in [0.15, 0.2) is 29.3 Å². The van der Waals surface area contributed by atoms with Crippen molar-refractivity contribution in [1.82, 2.24) is 16.0 Å². The molecule has 1 rings (SSSR count). The average molecular weight is 388 g/mol. The predicted octanol–water partition coefficient (Wildman–Crippen LogP) is 2.35. The van der Waals surface area contributed by atoms with E-state index in [1.807, 2.05) is 13.8 Å². The highest BCUT2D eigenvalue weighted by Crippen LogP contribution is 2.16. The van der Waals surface area contributed by atoms with Gasteiger partial charge in [0.1, 0.15) is 6.61 Å². The molecule has 0 unspecified atom stereocenters. The number of ether oxygens (including phenoxy) is 1. The molecule has 0 fully saturated rings. The minimum atomic E-state index is -4.32. The molecule has 0 radical (unpaired) electrons. The smallest absolute Gasteiger partial charge is 0.367 e. The second-order valence-electron chi connectivity index (χ2n) is 5.82. The highest BCUT2D eigenvalue weighted by molar-refractivity contribution is 5.86. The molecule has 0 aromatic heterocycles. The predicted molar refractivity (Wildman–Crippen MR) is 98.3 cm³/mol. The molecule has 0 saturated carbocycles. The van der Waals surface area contributed by atoms with E-state index in [0.717, 1.165) is 12.0 Å². The van der Waals surface area contributed by atoms with E-state index in [1.54, 1.807) is 24.3 Å². The van der Waals surface area contributed by atoms with Gasteiger partial charge in [0.05, 0.1) is 19.7 Å². The summed E-state index contributed by atoms with van der Waals surface area (Å²) in [6, 6.07) is 6.99. The normalized spacial score (nSPS) is 12.0. The molecule has 0 spiro atoms. The first-order chi connectivity index (χ1) is 12.8. The maximum absolute atomic E-state index is 12.1. The largest absolute Gasteiger partial charge is 0.411 e. The summed E-state index contributed by atoms with van der Waals surface area (Å²) in [6.07, 6.45) is -3.45. The van der Waals surface area contributed by atoms with E-state index in [2.05, 4.69) is 25.7 Å². The Labute approximate surface area is 157 Å². The van der Waals surface area contributed by atoms with E-state index in [4.69, 9.17) is 0 Å². The second kappa shape index (κ2) is 12.2. The summed E-state index contributed by atoms with van der Waals surface area (Å²) in [6.45, 7) is 4.32. The molecule has 0 aliphatic rings. The molecule has 0 atom stereocenters. The van der Waals surface area contributed by atoms with Crippen molar-refractivity contribution in [2.24, 2.45) is 4.99 Å². The topological polar surface area (TPSA) is 74.8 Å². The van der Waals surface area contributed by atoms with Crippen LogP contribution in [0.4, 0.5) is 13.2 Å². The molecule has 6 nitrogen and oxygen atoms in total. The summed E-state index contributed by atoms with van der Waals surface area (Å²) in [7, 11) is 0. The Morgan fingerprint density at radius 1 is 1.07 bits per heavy atom. The van der Waals surface area contributed by atoms with Gasteiger partial charge in [-0.25, -0.2) is 4.99 Å². The molecule has 1 aromatic carbocycles. The van der Waals surface area contributed by atoms with E-state index >= 15 is 0 Å². The number of carbonyl (C=O) groups is 1. The molecule has 0 aliphatic heterocycles. The van der Waals surface area contributed by atoms with Crippen molar-refractivity contribution < 1.29 is 22.7 Å². The molecule has 0 bridgehead atoms. The van der Waals surface area contributed by atoms with Crippen LogP contribution >= 0.6 is 0 Å². The van der Waals surface area contributed by atoms with Gasteiger partial charge in [0, 0.05) is 13.1 Å². The van der Waals surface area contributed by atoms with Crippen LogP contribution in [0.2, 0.25) is 0 Å². The number of hydrogen-bond acceptors (Lipinski definition) is 3. The number of hydrogen-bond donors (Lipinski definition) is 3. The zero-order chi connectivity index (χ0) is 20.1. The van der Waals surface area contributed by atoms with Crippen LogP contribution < -0.4 is 16.0 Å². The third kappa shape index (κ3) is 11.1. The number of nitrogens with one attached hydrogen (secondary N) is 3. The maximum atomic E-state index is 12.1. The van der Waals surface area contributed by atoms with Crippen molar-refractivity contribution in [1.29, 1.82) is 0 Å². The molecule has 27 heavy (non-hydrogen) atoms. The van der Waals surface area contributed by atoms with Crippen molar-refractivity contribution in [3.63, 3.8) is 0 Å². The summed E-state index contributed by atoms with van der Waals surface area (Å²) in [5.74, 6) is 0.410. The lowest BCUT2D eigenvalue weighted by molar-refractivity contribution is -0.176. The van der Waals surface area contributed by atoms with Crippen LogP contribution in [0.1, 0.15) is 31.4 Å². The molecular weight excluding hydrogens is 361 g/mol. The lowest BCUT2D eigenvalue weighted by Crippen LogP contribution is -2.43. The van der Waals surface area contributed by atoms with Gasteiger partial charge in [-0.05, 0) is 24.5 Å². The van der Waals surface area contributed by atoms with Crippen LogP contribution in [0.5, 0.6) is 0 Å². The van der Waals surface area contributed by atoms with E-state index in [9.17, 15) is 18.0 Å². The minimum Gasteiger partial charge on any atom is -0.367 e. The van der Waals surface area contributed by atoms with Gasteiger partial charge in [-0.3, -0.25) is 4.79 Å². The van der Waals surface area contributed by atoms with Crippen molar-refractivity contribution in [2.45, 2.75) is 39.6 Å². The number of aliphatic imine (C=N–C) groups is 1.